The van der Waals surface area contributed by atoms with Crippen molar-refractivity contribution in [2.45, 2.75) is 71.8 Å². The summed E-state index contributed by atoms with van der Waals surface area (Å²) in [4.78, 5) is 0. The Morgan fingerprint density at radius 1 is 1.06 bits per heavy atom. The Morgan fingerprint density at radius 3 is 2.19 bits per heavy atom. The molecular formula is C14H31NO. The molecule has 98 valence electrons. The van der Waals surface area contributed by atoms with E-state index in [2.05, 4.69) is 19.2 Å². The lowest BCUT2D eigenvalue weighted by atomic mass is 9.88. The fourth-order valence-electron chi connectivity index (χ4n) is 2.30. The molecule has 0 aromatic carbocycles. The van der Waals surface area contributed by atoms with Crippen LogP contribution in [0.1, 0.15) is 65.7 Å². The number of nitrogens with one attached hydrogen (secondary N) is 1. The zero-order chi connectivity index (χ0) is 12.2. The van der Waals surface area contributed by atoms with Crippen LogP contribution in [0, 0.1) is 5.92 Å². The summed E-state index contributed by atoms with van der Waals surface area (Å²) in [5.41, 5.74) is 0. The molecule has 2 heteroatoms. The van der Waals surface area contributed by atoms with Crippen molar-refractivity contribution in [2.75, 3.05) is 13.2 Å². The topological polar surface area (TPSA) is 32.3 Å². The van der Waals surface area contributed by atoms with Gasteiger partial charge in [0.25, 0.3) is 0 Å². The van der Waals surface area contributed by atoms with E-state index in [1.807, 2.05) is 0 Å². The van der Waals surface area contributed by atoms with Gasteiger partial charge in [0.1, 0.15) is 0 Å². The van der Waals surface area contributed by atoms with E-state index < -0.39 is 0 Å². The highest BCUT2D eigenvalue weighted by atomic mass is 16.2. The van der Waals surface area contributed by atoms with Crippen molar-refractivity contribution >= 4 is 0 Å². The lowest BCUT2D eigenvalue weighted by Gasteiger charge is -2.27. The number of aliphatic hydroxyl groups excluding tert-OH is 1. The van der Waals surface area contributed by atoms with Crippen molar-refractivity contribution in [3.8, 4) is 0 Å². The van der Waals surface area contributed by atoms with E-state index in [0.29, 0.717) is 0 Å². The molecule has 0 aromatic rings. The molecule has 2 nitrogen and oxygen atoms in total. The van der Waals surface area contributed by atoms with Crippen LogP contribution in [0.25, 0.3) is 0 Å². The number of aliphatic hydroxyl groups is 1. The first-order valence-electron chi connectivity index (χ1n) is 7.10. The third-order valence-corrected chi connectivity index (χ3v) is 3.27. The fraction of sp³-hybridized carbons (Fsp3) is 1.00. The van der Waals surface area contributed by atoms with Crippen molar-refractivity contribution in [1.82, 2.24) is 5.32 Å². The third kappa shape index (κ3) is 8.12. The van der Waals surface area contributed by atoms with Crippen molar-refractivity contribution in [1.29, 1.82) is 0 Å². The van der Waals surface area contributed by atoms with E-state index in [0.717, 1.165) is 12.0 Å². The average molecular weight is 229 g/mol. The minimum atomic E-state index is 0.250. The zero-order valence-corrected chi connectivity index (χ0v) is 11.5. The molecule has 2 N–H and O–H groups in total. The van der Waals surface area contributed by atoms with E-state index >= 15 is 0 Å². The Hall–Kier alpha value is -0.0800. The summed E-state index contributed by atoms with van der Waals surface area (Å²) in [5.74, 6) is 0.895. The van der Waals surface area contributed by atoms with Gasteiger partial charge in [-0.25, -0.2) is 0 Å². The first kappa shape index (κ1) is 15.9. The van der Waals surface area contributed by atoms with Gasteiger partial charge in [-0.1, -0.05) is 39.5 Å². The Labute approximate surface area is 102 Å². The highest BCUT2D eigenvalue weighted by molar-refractivity contribution is 4.75. The second kappa shape index (κ2) is 11.4. The van der Waals surface area contributed by atoms with E-state index in [9.17, 15) is 0 Å². The molecule has 2 unspecified atom stereocenters. The largest absolute Gasteiger partial charge is 0.397 e. The maximum atomic E-state index is 7.57. The predicted molar refractivity (Wildman–Crippen MR) is 71.7 cm³/mol. The van der Waals surface area contributed by atoms with Gasteiger partial charge in [0.05, 0.1) is 0 Å². The van der Waals surface area contributed by atoms with Gasteiger partial charge in [0.2, 0.25) is 0 Å². The Morgan fingerprint density at radius 2 is 1.62 bits per heavy atom. The van der Waals surface area contributed by atoms with Crippen LogP contribution in [0.4, 0.5) is 0 Å². The molecule has 0 saturated heterocycles. The van der Waals surface area contributed by atoms with Gasteiger partial charge in [-0.15, -0.1) is 0 Å². The van der Waals surface area contributed by atoms with Crippen LogP contribution < -0.4 is 5.32 Å². The summed E-state index contributed by atoms with van der Waals surface area (Å²) in [6.07, 6.45) is 9.91. The third-order valence-electron chi connectivity index (χ3n) is 3.27. The van der Waals surface area contributed by atoms with Crippen LogP contribution >= 0.6 is 0 Å². The molecule has 1 saturated carbocycles. The van der Waals surface area contributed by atoms with Gasteiger partial charge in [-0.3, -0.25) is 0 Å². The lowest BCUT2D eigenvalue weighted by Crippen LogP contribution is -2.36. The Kier molecular flexibility index (Phi) is 11.3. The number of hydrogen-bond donors (Lipinski definition) is 2. The highest BCUT2D eigenvalue weighted by Gasteiger charge is 2.17. The van der Waals surface area contributed by atoms with E-state index in [4.69, 9.17) is 5.11 Å². The molecule has 0 bridgehead atoms. The van der Waals surface area contributed by atoms with Gasteiger partial charge in [-0.05, 0) is 38.6 Å². The molecule has 2 atom stereocenters. The molecule has 0 heterocycles. The van der Waals surface area contributed by atoms with Crippen LogP contribution in [0.3, 0.4) is 0 Å². The monoisotopic (exact) mass is 229 g/mol. The molecule has 0 aliphatic heterocycles. The zero-order valence-electron chi connectivity index (χ0n) is 11.5. The lowest BCUT2D eigenvalue weighted by molar-refractivity contribution is 0.303. The smallest absolute Gasteiger partial charge is 0.0402 e. The highest BCUT2D eigenvalue weighted by Crippen LogP contribution is 2.22. The number of rotatable bonds is 3. The fourth-order valence-corrected chi connectivity index (χ4v) is 2.30. The Balaban J connectivity index is 0.000000673. The predicted octanol–water partition coefficient (Wildman–Crippen LogP) is 3.34. The van der Waals surface area contributed by atoms with Gasteiger partial charge in [0, 0.05) is 12.6 Å². The van der Waals surface area contributed by atoms with Crippen LogP contribution in [0.2, 0.25) is 0 Å². The molecule has 1 aliphatic carbocycles. The summed E-state index contributed by atoms with van der Waals surface area (Å²) in [6.45, 7) is 7.80. The molecule has 1 aliphatic rings. The molecule has 0 radical (unpaired) electrons. The molecular weight excluding hydrogens is 198 g/mol. The minimum absolute atomic E-state index is 0.250. The summed E-state index contributed by atoms with van der Waals surface area (Å²) < 4.78 is 0. The summed E-state index contributed by atoms with van der Waals surface area (Å²) >= 11 is 0. The van der Waals surface area contributed by atoms with Gasteiger partial charge < -0.3 is 10.4 Å². The summed E-state index contributed by atoms with van der Waals surface area (Å²) in [7, 11) is 0. The molecule has 16 heavy (non-hydrogen) atoms. The molecule has 0 spiro atoms. The quantitative estimate of drug-likeness (QED) is 0.778. The average Bonchev–Trinajstić information content (AvgIpc) is 2.24. The van der Waals surface area contributed by atoms with E-state index in [1.54, 1.807) is 6.92 Å². The second-order valence-electron chi connectivity index (χ2n) is 4.85. The van der Waals surface area contributed by atoms with Crippen LogP contribution in [0.5, 0.6) is 0 Å². The molecule has 1 fully saturated rings. The minimum Gasteiger partial charge on any atom is -0.397 e. The summed E-state index contributed by atoms with van der Waals surface area (Å²) in [5, 5.41) is 11.3. The molecule has 1 rings (SSSR count). The van der Waals surface area contributed by atoms with Gasteiger partial charge in [0.15, 0.2) is 0 Å². The maximum absolute atomic E-state index is 7.57. The number of hydrogen-bond acceptors (Lipinski definition) is 2. The van der Waals surface area contributed by atoms with Crippen LogP contribution in [-0.2, 0) is 0 Å². The Bertz CT molecular complexity index is 137. The van der Waals surface area contributed by atoms with Crippen molar-refractivity contribution < 1.29 is 5.11 Å². The van der Waals surface area contributed by atoms with Crippen molar-refractivity contribution in [2.24, 2.45) is 5.92 Å². The van der Waals surface area contributed by atoms with E-state index in [-0.39, 0.29) is 6.61 Å². The SMILES string of the molecule is CCCNC1CCCCCCC1C.CCO. The standard InChI is InChI=1S/C12H25N.C2H6O/c1-3-10-13-12-9-7-5-4-6-8-11(12)2;1-2-3/h11-13H,3-10H2,1-2H3;3H,2H2,1H3. The normalized spacial score (nSPS) is 26.2. The van der Waals surface area contributed by atoms with Gasteiger partial charge in [-0.2, -0.15) is 0 Å². The first-order chi connectivity index (χ1) is 7.76. The van der Waals surface area contributed by atoms with Crippen molar-refractivity contribution in [3.05, 3.63) is 0 Å². The van der Waals surface area contributed by atoms with Crippen LogP contribution in [-0.4, -0.2) is 24.3 Å². The van der Waals surface area contributed by atoms with E-state index in [1.165, 1.54) is 51.5 Å². The maximum Gasteiger partial charge on any atom is 0.0402 e. The summed E-state index contributed by atoms with van der Waals surface area (Å²) in [6, 6.07) is 0.806. The molecule has 0 aromatic heterocycles. The van der Waals surface area contributed by atoms with Crippen LogP contribution in [0.15, 0.2) is 0 Å². The van der Waals surface area contributed by atoms with Gasteiger partial charge >= 0.3 is 0 Å². The molecule has 0 amide bonds. The first-order valence-corrected chi connectivity index (χ1v) is 7.10. The van der Waals surface area contributed by atoms with Crippen molar-refractivity contribution in [3.63, 3.8) is 0 Å². The second-order valence-corrected chi connectivity index (χ2v) is 4.85.